The van der Waals surface area contributed by atoms with E-state index in [9.17, 15) is 0 Å². The summed E-state index contributed by atoms with van der Waals surface area (Å²) in [5, 5.41) is 10.6. The van der Waals surface area contributed by atoms with E-state index < -0.39 is 0 Å². The van der Waals surface area contributed by atoms with Crippen molar-refractivity contribution in [2.24, 2.45) is 4.99 Å². The van der Waals surface area contributed by atoms with E-state index in [1.165, 1.54) is 0 Å². The number of methoxy groups -OCH3 is 1. The topological polar surface area (TPSA) is 80.9 Å². The maximum absolute atomic E-state index is 5.56. The van der Waals surface area contributed by atoms with Crippen LogP contribution >= 0.6 is 24.0 Å². The van der Waals surface area contributed by atoms with E-state index in [1.807, 2.05) is 68.4 Å². The molecule has 3 aromatic rings. The third-order valence-corrected chi connectivity index (χ3v) is 4.09. The van der Waals surface area contributed by atoms with Crippen LogP contribution in [0.5, 0.6) is 11.5 Å². The fourth-order valence-corrected chi connectivity index (χ4v) is 2.75. The van der Waals surface area contributed by atoms with Crippen molar-refractivity contribution in [1.29, 1.82) is 0 Å². The smallest absolute Gasteiger partial charge is 0.196 e. The van der Waals surface area contributed by atoms with Crippen LogP contribution in [0.25, 0.3) is 11.3 Å². The van der Waals surface area contributed by atoms with Crippen LogP contribution in [0.3, 0.4) is 0 Å². The lowest BCUT2D eigenvalue weighted by atomic mass is 10.2. The zero-order valence-corrected chi connectivity index (χ0v) is 19.7. The number of anilines is 1. The lowest BCUT2D eigenvalue weighted by Gasteiger charge is -2.14. The lowest BCUT2D eigenvalue weighted by molar-refractivity contribution is 0.311. The summed E-state index contributed by atoms with van der Waals surface area (Å²) in [6, 6.07) is 17.4. The highest BCUT2D eigenvalue weighted by Crippen LogP contribution is 2.30. The second-order valence-electron chi connectivity index (χ2n) is 6.17. The summed E-state index contributed by atoms with van der Waals surface area (Å²) in [7, 11) is 1.62. The lowest BCUT2D eigenvalue weighted by Crippen LogP contribution is -2.30. The molecule has 0 amide bonds. The van der Waals surface area contributed by atoms with Crippen molar-refractivity contribution >= 4 is 35.6 Å². The molecule has 8 heteroatoms. The van der Waals surface area contributed by atoms with Crippen LogP contribution in [-0.4, -0.2) is 31.4 Å². The van der Waals surface area contributed by atoms with Crippen LogP contribution in [0.1, 0.15) is 19.5 Å². The van der Waals surface area contributed by atoms with E-state index in [0.29, 0.717) is 30.6 Å². The van der Waals surface area contributed by atoms with Gasteiger partial charge in [-0.05, 0) is 26.0 Å². The number of hydrogen-bond acceptors (Lipinski definition) is 5. The van der Waals surface area contributed by atoms with Gasteiger partial charge in [-0.25, -0.2) is 4.99 Å². The molecule has 0 aliphatic heterocycles. The third kappa shape index (κ3) is 6.38. The van der Waals surface area contributed by atoms with Gasteiger partial charge in [0.25, 0.3) is 0 Å². The molecule has 0 atom stereocenters. The number of halogens is 1. The average Bonchev–Trinajstić information content (AvgIpc) is 3.23. The van der Waals surface area contributed by atoms with Gasteiger partial charge in [0.05, 0.1) is 20.3 Å². The van der Waals surface area contributed by atoms with E-state index in [0.717, 1.165) is 29.2 Å². The van der Waals surface area contributed by atoms with E-state index in [1.54, 1.807) is 7.11 Å². The van der Waals surface area contributed by atoms with Crippen molar-refractivity contribution in [3.63, 3.8) is 0 Å². The van der Waals surface area contributed by atoms with Gasteiger partial charge in [-0.1, -0.05) is 35.5 Å². The van der Waals surface area contributed by atoms with Crippen LogP contribution in [-0.2, 0) is 6.54 Å². The quantitative estimate of drug-likeness (QED) is 0.248. The molecular weight excluding hydrogens is 495 g/mol. The minimum absolute atomic E-state index is 0. The first kappa shape index (κ1) is 23.5. The fourth-order valence-electron chi connectivity index (χ4n) is 2.75. The van der Waals surface area contributed by atoms with Gasteiger partial charge in [-0.15, -0.1) is 24.0 Å². The second-order valence-corrected chi connectivity index (χ2v) is 6.17. The normalized spacial score (nSPS) is 10.8. The minimum Gasteiger partial charge on any atom is -0.493 e. The van der Waals surface area contributed by atoms with Crippen LogP contribution in [0.15, 0.2) is 64.1 Å². The first-order valence-electron chi connectivity index (χ1n) is 9.60. The summed E-state index contributed by atoms with van der Waals surface area (Å²) >= 11 is 0. The van der Waals surface area contributed by atoms with Gasteiger partial charge in [0.2, 0.25) is 0 Å². The van der Waals surface area contributed by atoms with Crippen molar-refractivity contribution < 1.29 is 14.0 Å². The number of nitrogens with one attached hydrogen (secondary N) is 2. The highest BCUT2D eigenvalue weighted by Gasteiger charge is 2.09. The van der Waals surface area contributed by atoms with Gasteiger partial charge in [0.15, 0.2) is 23.2 Å². The van der Waals surface area contributed by atoms with Gasteiger partial charge < -0.3 is 24.6 Å². The van der Waals surface area contributed by atoms with Crippen LogP contribution in [0.4, 0.5) is 5.69 Å². The molecule has 0 radical (unpaired) electrons. The first-order valence-corrected chi connectivity index (χ1v) is 9.60. The Morgan fingerprint density at radius 2 is 1.87 bits per heavy atom. The average molecular weight is 522 g/mol. The van der Waals surface area contributed by atoms with Crippen LogP contribution in [0, 0.1) is 0 Å². The van der Waals surface area contributed by atoms with Crippen molar-refractivity contribution in [2.75, 3.05) is 25.6 Å². The number of hydrogen-bond donors (Lipinski definition) is 2. The predicted octanol–water partition coefficient (Wildman–Crippen LogP) is 4.94. The SMILES string of the molecule is CCNC(=NCc1cc(-c2ccccc2)on1)Nc1ccc(OCC)c(OC)c1.I. The summed E-state index contributed by atoms with van der Waals surface area (Å²) in [4.78, 5) is 4.60. The molecule has 0 spiro atoms. The van der Waals surface area contributed by atoms with Gasteiger partial charge >= 0.3 is 0 Å². The molecule has 7 nitrogen and oxygen atoms in total. The zero-order chi connectivity index (χ0) is 20.5. The molecular formula is C22H27IN4O3. The highest BCUT2D eigenvalue weighted by molar-refractivity contribution is 14.0. The molecule has 160 valence electrons. The molecule has 0 saturated heterocycles. The molecule has 0 aliphatic rings. The Labute approximate surface area is 193 Å². The van der Waals surface area contributed by atoms with Crippen LogP contribution in [0.2, 0.25) is 0 Å². The molecule has 30 heavy (non-hydrogen) atoms. The summed E-state index contributed by atoms with van der Waals surface area (Å²) < 4.78 is 16.4. The molecule has 0 bridgehead atoms. The molecule has 0 fully saturated rings. The molecule has 0 unspecified atom stereocenters. The van der Waals surface area contributed by atoms with Gasteiger partial charge in [0.1, 0.15) is 5.69 Å². The first-order chi connectivity index (χ1) is 14.2. The number of aromatic nitrogens is 1. The second kappa shape index (κ2) is 12.1. The number of guanidine groups is 1. The maximum atomic E-state index is 5.56. The van der Waals surface area contributed by atoms with Gasteiger partial charge in [0, 0.05) is 29.9 Å². The van der Waals surface area contributed by atoms with Gasteiger partial charge in [-0.2, -0.15) is 0 Å². The van der Waals surface area contributed by atoms with E-state index in [4.69, 9.17) is 14.0 Å². The molecule has 1 heterocycles. The molecule has 2 aromatic carbocycles. The Kier molecular flexibility index (Phi) is 9.46. The van der Waals surface area contributed by atoms with E-state index in [-0.39, 0.29) is 24.0 Å². The highest BCUT2D eigenvalue weighted by atomic mass is 127. The summed E-state index contributed by atoms with van der Waals surface area (Å²) in [5.41, 5.74) is 2.59. The Bertz CT molecular complexity index is 945. The molecule has 1 aromatic heterocycles. The van der Waals surface area contributed by atoms with Crippen molar-refractivity contribution in [3.05, 3.63) is 60.3 Å². The number of aliphatic imine (C=N–C) groups is 1. The summed E-state index contributed by atoms with van der Waals surface area (Å²) in [5.74, 6) is 2.74. The number of nitrogens with zero attached hydrogens (tertiary/aromatic N) is 2. The zero-order valence-electron chi connectivity index (χ0n) is 17.3. The van der Waals surface area contributed by atoms with Crippen molar-refractivity contribution in [3.8, 4) is 22.8 Å². The fraction of sp³-hybridized carbons (Fsp3) is 0.273. The van der Waals surface area contributed by atoms with E-state index in [2.05, 4.69) is 20.8 Å². The molecule has 3 rings (SSSR count). The molecule has 2 N–H and O–H groups in total. The molecule has 0 aliphatic carbocycles. The minimum atomic E-state index is 0. The third-order valence-electron chi connectivity index (χ3n) is 4.09. The largest absolute Gasteiger partial charge is 0.493 e. The monoisotopic (exact) mass is 522 g/mol. The van der Waals surface area contributed by atoms with Crippen molar-refractivity contribution in [1.82, 2.24) is 10.5 Å². The number of ether oxygens (including phenoxy) is 2. The Morgan fingerprint density at radius 1 is 1.07 bits per heavy atom. The number of benzene rings is 2. The Hall–Kier alpha value is -2.75. The van der Waals surface area contributed by atoms with E-state index >= 15 is 0 Å². The number of rotatable bonds is 8. The Morgan fingerprint density at radius 3 is 2.57 bits per heavy atom. The maximum Gasteiger partial charge on any atom is 0.196 e. The standard InChI is InChI=1S/C22H26N4O3.HI/c1-4-23-22(25-17-11-12-19(28-5-2)21(13-17)27-3)24-15-18-14-20(29-26-18)16-9-7-6-8-10-16;/h6-14H,4-5,15H2,1-3H3,(H2,23,24,25);1H. The van der Waals surface area contributed by atoms with Crippen molar-refractivity contribution in [2.45, 2.75) is 20.4 Å². The Balaban J connectivity index is 0.00000320. The predicted molar refractivity (Wildman–Crippen MR) is 130 cm³/mol. The van der Waals surface area contributed by atoms with Gasteiger partial charge in [-0.3, -0.25) is 0 Å². The molecule has 0 saturated carbocycles. The summed E-state index contributed by atoms with van der Waals surface area (Å²) in [6.45, 7) is 5.65. The summed E-state index contributed by atoms with van der Waals surface area (Å²) in [6.07, 6.45) is 0. The van der Waals surface area contributed by atoms with Crippen LogP contribution < -0.4 is 20.1 Å².